The van der Waals surface area contributed by atoms with E-state index >= 15 is 0 Å². The molecule has 0 atom stereocenters. The predicted molar refractivity (Wildman–Crippen MR) is 202 cm³/mol. The molecule has 0 radical (unpaired) electrons. The molecule has 9 aromatic rings. The number of hydrogen-bond donors (Lipinski definition) is 0. The molecule has 1 aromatic heterocycles. The fourth-order valence-corrected chi connectivity index (χ4v) is 6.86. The highest BCUT2D eigenvalue weighted by Crippen LogP contribution is 2.41. The van der Waals surface area contributed by atoms with Crippen molar-refractivity contribution in [2.75, 3.05) is 4.90 Å². The van der Waals surface area contributed by atoms with E-state index in [1.165, 1.54) is 32.7 Å². The molecule has 2 nitrogen and oxygen atoms in total. The average Bonchev–Trinajstić information content (AvgIpc) is 3.60. The van der Waals surface area contributed by atoms with Gasteiger partial charge in [0, 0.05) is 27.7 Å². The molecule has 48 heavy (non-hydrogen) atoms. The molecule has 2 heteroatoms. The molecule has 226 valence electrons. The van der Waals surface area contributed by atoms with Crippen LogP contribution < -0.4 is 4.90 Å². The summed E-state index contributed by atoms with van der Waals surface area (Å²) in [6, 6.07) is 66.9. The van der Waals surface area contributed by atoms with Crippen LogP contribution in [-0.2, 0) is 0 Å². The Balaban J connectivity index is 1.13. The SMILES string of the molecule is c1ccc(-c2cc3ccccc3o2)c(-c2ccc(N(c3ccc(-c4ccc5ccccc5c4)cc3)c3cccc4ccccc34)cc2)c1. The minimum Gasteiger partial charge on any atom is -0.456 e. The second kappa shape index (κ2) is 11.8. The zero-order valence-corrected chi connectivity index (χ0v) is 26.3. The summed E-state index contributed by atoms with van der Waals surface area (Å²) in [6.45, 7) is 0. The molecule has 0 saturated heterocycles. The van der Waals surface area contributed by atoms with Crippen LogP contribution >= 0.6 is 0 Å². The summed E-state index contributed by atoms with van der Waals surface area (Å²) < 4.78 is 6.29. The van der Waals surface area contributed by atoms with Crippen molar-refractivity contribution in [3.8, 4) is 33.6 Å². The lowest BCUT2D eigenvalue weighted by molar-refractivity contribution is 0.632. The zero-order chi connectivity index (χ0) is 31.9. The molecule has 0 aliphatic heterocycles. The predicted octanol–water partition coefficient (Wildman–Crippen LogP) is 13.2. The lowest BCUT2D eigenvalue weighted by atomic mass is 9.97. The Labute approximate surface area is 279 Å². The summed E-state index contributed by atoms with van der Waals surface area (Å²) in [7, 11) is 0. The lowest BCUT2D eigenvalue weighted by Crippen LogP contribution is -2.10. The van der Waals surface area contributed by atoms with E-state index in [9.17, 15) is 0 Å². The monoisotopic (exact) mass is 613 g/mol. The standard InChI is InChI=1S/C46H31NO/c1-2-12-36-30-37(21-20-32(36)10-1)33-22-26-39(27-23-33)47(44-18-9-14-34-11-3-5-16-42(34)44)40-28-24-35(25-29-40)41-15-6-7-17-43(41)46-31-38-13-4-8-19-45(38)48-46/h1-31H. The number of anilines is 3. The molecule has 1 heterocycles. The van der Waals surface area contributed by atoms with Gasteiger partial charge >= 0.3 is 0 Å². The van der Waals surface area contributed by atoms with Gasteiger partial charge in [-0.25, -0.2) is 0 Å². The Hall–Kier alpha value is -6.38. The van der Waals surface area contributed by atoms with Crippen LogP contribution in [0.1, 0.15) is 0 Å². The molecule has 0 spiro atoms. The maximum atomic E-state index is 6.29. The molecule has 0 unspecified atom stereocenters. The van der Waals surface area contributed by atoms with E-state index < -0.39 is 0 Å². The normalized spacial score (nSPS) is 11.3. The van der Waals surface area contributed by atoms with Crippen LogP contribution in [0, 0.1) is 0 Å². The summed E-state index contributed by atoms with van der Waals surface area (Å²) in [6.07, 6.45) is 0. The van der Waals surface area contributed by atoms with Crippen molar-refractivity contribution in [3.63, 3.8) is 0 Å². The van der Waals surface area contributed by atoms with Gasteiger partial charge in [0.15, 0.2) is 0 Å². The number of benzene rings is 8. The highest BCUT2D eigenvalue weighted by atomic mass is 16.3. The number of furan rings is 1. The van der Waals surface area contributed by atoms with Gasteiger partial charge in [-0.05, 0) is 86.9 Å². The molecular formula is C46H31NO. The van der Waals surface area contributed by atoms with Gasteiger partial charge in [0.1, 0.15) is 11.3 Å². The first-order valence-electron chi connectivity index (χ1n) is 16.3. The van der Waals surface area contributed by atoms with E-state index in [2.05, 4.69) is 175 Å². The summed E-state index contributed by atoms with van der Waals surface area (Å²) >= 11 is 0. The third-order valence-electron chi connectivity index (χ3n) is 9.27. The van der Waals surface area contributed by atoms with E-state index in [1.807, 2.05) is 18.2 Å². The average molecular weight is 614 g/mol. The van der Waals surface area contributed by atoms with Crippen LogP contribution in [0.5, 0.6) is 0 Å². The van der Waals surface area contributed by atoms with Crippen molar-refractivity contribution in [3.05, 3.63) is 188 Å². The molecular weight excluding hydrogens is 583 g/mol. The molecule has 0 saturated carbocycles. The first-order valence-corrected chi connectivity index (χ1v) is 16.3. The van der Waals surface area contributed by atoms with Gasteiger partial charge in [0.05, 0.1) is 5.69 Å². The van der Waals surface area contributed by atoms with E-state index in [4.69, 9.17) is 4.42 Å². The molecule has 0 aliphatic rings. The van der Waals surface area contributed by atoms with Gasteiger partial charge in [-0.2, -0.15) is 0 Å². The van der Waals surface area contributed by atoms with Crippen LogP contribution in [0.3, 0.4) is 0 Å². The molecule has 0 N–H and O–H groups in total. The molecule has 0 amide bonds. The summed E-state index contributed by atoms with van der Waals surface area (Å²) in [5.74, 6) is 0.875. The Morgan fingerprint density at radius 2 is 0.938 bits per heavy atom. The Morgan fingerprint density at radius 1 is 0.354 bits per heavy atom. The minimum atomic E-state index is 0.875. The summed E-state index contributed by atoms with van der Waals surface area (Å²) in [5.41, 5.74) is 10.00. The molecule has 8 aromatic carbocycles. The second-order valence-corrected chi connectivity index (χ2v) is 12.2. The van der Waals surface area contributed by atoms with Gasteiger partial charge in [0.2, 0.25) is 0 Å². The van der Waals surface area contributed by atoms with E-state index in [0.29, 0.717) is 0 Å². The minimum absolute atomic E-state index is 0.875. The molecule has 0 aliphatic carbocycles. The maximum absolute atomic E-state index is 6.29. The topological polar surface area (TPSA) is 16.4 Å². The van der Waals surface area contributed by atoms with Gasteiger partial charge < -0.3 is 9.32 Å². The Morgan fingerprint density at radius 3 is 1.71 bits per heavy atom. The van der Waals surface area contributed by atoms with Gasteiger partial charge in [-0.3, -0.25) is 0 Å². The second-order valence-electron chi connectivity index (χ2n) is 12.2. The van der Waals surface area contributed by atoms with Crippen molar-refractivity contribution >= 4 is 49.6 Å². The highest BCUT2D eigenvalue weighted by molar-refractivity contribution is 5.99. The summed E-state index contributed by atoms with van der Waals surface area (Å²) in [4.78, 5) is 2.36. The number of hydrogen-bond acceptors (Lipinski definition) is 2. The van der Waals surface area contributed by atoms with Gasteiger partial charge in [-0.1, -0.05) is 140 Å². The Bertz CT molecular complexity index is 2520. The highest BCUT2D eigenvalue weighted by Gasteiger charge is 2.17. The fraction of sp³-hybridized carbons (Fsp3) is 0. The van der Waals surface area contributed by atoms with E-state index in [-0.39, 0.29) is 0 Å². The van der Waals surface area contributed by atoms with Crippen LogP contribution in [0.2, 0.25) is 0 Å². The number of rotatable bonds is 6. The van der Waals surface area contributed by atoms with Gasteiger partial charge in [0.25, 0.3) is 0 Å². The van der Waals surface area contributed by atoms with Crippen LogP contribution in [-0.4, -0.2) is 0 Å². The van der Waals surface area contributed by atoms with Crippen molar-refractivity contribution in [1.29, 1.82) is 0 Å². The van der Waals surface area contributed by atoms with Crippen LogP contribution in [0.15, 0.2) is 192 Å². The van der Waals surface area contributed by atoms with Crippen LogP contribution in [0.4, 0.5) is 17.1 Å². The van der Waals surface area contributed by atoms with Crippen molar-refractivity contribution in [2.24, 2.45) is 0 Å². The van der Waals surface area contributed by atoms with Gasteiger partial charge in [-0.15, -0.1) is 0 Å². The quantitative estimate of drug-likeness (QED) is 0.185. The van der Waals surface area contributed by atoms with Crippen molar-refractivity contribution in [1.82, 2.24) is 0 Å². The van der Waals surface area contributed by atoms with E-state index in [0.717, 1.165) is 50.5 Å². The third kappa shape index (κ3) is 5.01. The smallest absolute Gasteiger partial charge is 0.136 e. The largest absolute Gasteiger partial charge is 0.456 e. The lowest BCUT2D eigenvalue weighted by Gasteiger charge is -2.27. The zero-order valence-electron chi connectivity index (χ0n) is 26.3. The number of nitrogens with zero attached hydrogens (tertiary/aromatic N) is 1. The first-order chi connectivity index (χ1) is 23.8. The van der Waals surface area contributed by atoms with Crippen LogP contribution in [0.25, 0.3) is 66.1 Å². The summed E-state index contributed by atoms with van der Waals surface area (Å²) in [5, 5.41) is 6.03. The van der Waals surface area contributed by atoms with E-state index in [1.54, 1.807) is 0 Å². The Kier molecular flexibility index (Phi) is 6.84. The first kappa shape index (κ1) is 27.9. The van der Waals surface area contributed by atoms with Crippen molar-refractivity contribution < 1.29 is 4.42 Å². The fourth-order valence-electron chi connectivity index (χ4n) is 6.86. The third-order valence-corrected chi connectivity index (χ3v) is 9.27. The number of fused-ring (bicyclic) bond motifs is 3. The molecule has 9 rings (SSSR count). The maximum Gasteiger partial charge on any atom is 0.136 e. The number of para-hydroxylation sites is 1. The van der Waals surface area contributed by atoms with Crippen molar-refractivity contribution in [2.45, 2.75) is 0 Å². The molecule has 0 fully saturated rings. The molecule has 0 bridgehead atoms.